The van der Waals surface area contributed by atoms with Crippen LogP contribution in [-0.2, 0) is 13.9 Å². The molecule has 0 aromatic heterocycles. The van der Waals surface area contributed by atoms with Gasteiger partial charge in [-0.25, -0.2) is 0 Å². The van der Waals surface area contributed by atoms with Crippen molar-refractivity contribution in [2.45, 2.75) is 140 Å². The minimum absolute atomic E-state index is 0.0526. The first-order chi connectivity index (χ1) is 24.0. The SMILES string of the molecule is C[C@@H]1[C@]2(O[C@H]3C=C4[C@@H]5CC[C@H]6C[C@@H](O)CC[C@]6(C)[C@H]5C[C@@H](O)[C@]4(C)[C@]31O)O[C@](C)(CO[Si](c1ccccc1)(c1ccccc1)C(C)(C)C)C[C@H]2O. The molecule has 4 N–H and O–H groups in total. The Morgan fingerprint density at radius 2 is 1.49 bits per heavy atom. The molecule has 5 fully saturated rings. The van der Waals surface area contributed by atoms with Crippen LogP contribution < -0.4 is 10.4 Å². The van der Waals surface area contributed by atoms with Gasteiger partial charge in [0.15, 0.2) is 0 Å². The molecule has 2 aromatic rings. The molecule has 13 atom stereocenters. The predicted octanol–water partition coefficient (Wildman–Crippen LogP) is 5.47. The highest BCUT2D eigenvalue weighted by Crippen LogP contribution is 2.71. The zero-order chi connectivity index (χ0) is 36.4. The van der Waals surface area contributed by atoms with E-state index in [1.54, 1.807) is 0 Å². The second-order valence-corrected chi connectivity index (χ2v) is 23.3. The number of hydrogen-bond acceptors (Lipinski definition) is 7. The maximum absolute atomic E-state index is 13.0. The van der Waals surface area contributed by atoms with E-state index in [1.807, 2.05) is 32.9 Å². The van der Waals surface area contributed by atoms with Crippen molar-refractivity contribution in [1.82, 2.24) is 0 Å². The zero-order valence-corrected chi connectivity index (χ0v) is 32.6. The van der Waals surface area contributed by atoms with E-state index in [2.05, 4.69) is 82.3 Å². The molecule has 2 heterocycles. The fourth-order valence-electron chi connectivity index (χ4n) is 12.7. The third kappa shape index (κ3) is 4.79. The largest absolute Gasteiger partial charge is 0.404 e. The van der Waals surface area contributed by atoms with Crippen LogP contribution in [0.5, 0.6) is 0 Å². The summed E-state index contributed by atoms with van der Waals surface area (Å²) in [4.78, 5) is 0. The Hall–Kier alpha value is -1.88. The monoisotopic (exact) mass is 716 g/mol. The lowest BCUT2D eigenvalue weighted by molar-refractivity contribution is -0.279. The van der Waals surface area contributed by atoms with E-state index in [0.29, 0.717) is 24.7 Å². The van der Waals surface area contributed by atoms with Crippen LogP contribution in [0, 0.1) is 34.5 Å². The molecule has 2 aromatic carbocycles. The molecule has 278 valence electrons. The van der Waals surface area contributed by atoms with Gasteiger partial charge in [0.1, 0.15) is 17.8 Å². The fourth-order valence-corrected chi connectivity index (χ4v) is 17.4. The van der Waals surface area contributed by atoms with Crippen LogP contribution in [0.1, 0.15) is 93.4 Å². The smallest absolute Gasteiger partial charge is 0.261 e. The fraction of sp³-hybridized carbons (Fsp3) is 0.674. The van der Waals surface area contributed by atoms with Crippen molar-refractivity contribution in [1.29, 1.82) is 0 Å². The topological polar surface area (TPSA) is 109 Å². The minimum Gasteiger partial charge on any atom is -0.404 e. The van der Waals surface area contributed by atoms with Gasteiger partial charge in [-0.15, -0.1) is 0 Å². The van der Waals surface area contributed by atoms with E-state index in [-0.39, 0.29) is 29.1 Å². The van der Waals surface area contributed by atoms with E-state index >= 15 is 0 Å². The molecule has 8 rings (SSSR count). The first-order valence-corrected chi connectivity index (χ1v) is 21.5. The van der Waals surface area contributed by atoms with Crippen molar-refractivity contribution >= 4 is 18.7 Å². The summed E-state index contributed by atoms with van der Waals surface area (Å²) in [7, 11) is -2.88. The third-order valence-corrected chi connectivity index (χ3v) is 20.5. The molecule has 51 heavy (non-hydrogen) atoms. The molecular weight excluding hydrogens is 657 g/mol. The first-order valence-electron chi connectivity index (χ1n) is 19.6. The Balaban J connectivity index is 1.10. The van der Waals surface area contributed by atoms with Crippen LogP contribution in [-0.4, -0.2) is 76.8 Å². The van der Waals surface area contributed by atoms with Crippen molar-refractivity contribution in [3.8, 4) is 0 Å². The summed E-state index contributed by atoms with van der Waals surface area (Å²) in [5, 5.41) is 49.9. The number of fused-ring (bicyclic) bond motifs is 7. The summed E-state index contributed by atoms with van der Waals surface area (Å²) in [6.07, 6.45) is 4.97. The van der Waals surface area contributed by atoms with Gasteiger partial charge in [0.25, 0.3) is 8.32 Å². The van der Waals surface area contributed by atoms with Gasteiger partial charge in [0, 0.05) is 17.8 Å². The van der Waals surface area contributed by atoms with E-state index < -0.39 is 55.0 Å². The Morgan fingerprint density at radius 3 is 2.10 bits per heavy atom. The van der Waals surface area contributed by atoms with Gasteiger partial charge in [0.05, 0.1) is 24.4 Å². The number of benzene rings is 2. The van der Waals surface area contributed by atoms with Gasteiger partial charge in [-0.2, -0.15) is 0 Å². The minimum atomic E-state index is -2.88. The van der Waals surface area contributed by atoms with Crippen molar-refractivity contribution in [3.05, 3.63) is 72.3 Å². The van der Waals surface area contributed by atoms with Crippen molar-refractivity contribution in [2.24, 2.45) is 34.5 Å². The van der Waals surface area contributed by atoms with Crippen LogP contribution >= 0.6 is 0 Å². The van der Waals surface area contributed by atoms with Gasteiger partial charge >= 0.3 is 0 Å². The number of aliphatic hydroxyl groups excluding tert-OH is 3. The summed E-state index contributed by atoms with van der Waals surface area (Å²) < 4.78 is 21.2. The molecule has 4 aliphatic carbocycles. The highest BCUT2D eigenvalue weighted by atomic mass is 28.4. The maximum atomic E-state index is 13.0. The standard InChI is InChI=1S/C43H60O7Si/c1-27-42(47)37(24-34-32-19-18-28-22-29(44)20-21-40(28,6)33(32)23-35(45)41(34,42)7)49-43(27)36(46)25-39(5,50-43)26-48-51(38(2,3)4,30-14-10-8-11-15-30)31-16-12-9-13-17-31/h8-17,24,27-29,32-33,35-37,44-47H,18-23,25-26H2,1-7H3/t27-,28-,29-,32+,33-,35+,36+,37-,39-,40-,41+,42+,43-/m0/s1. The Morgan fingerprint density at radius 1 is 0.863 bits per heavy atom. The molecule has 0 radical (unpaired) electrons. The normalized spacial score (nSPS) is 46.3. The van der Waals surface area contributed by atoms with E-state index in [0.717, 1.165) is 37.7 Å². The summed E-state index contributed by atoms with van der Waals surface area (Å²) in [5.74, 6) is -1.08. The van der Waals surface area contributed by atoms with Gasteiger partial charge in [-0.05, 0) is 84.0 Å². The average molecular weight is 717 g/mol. The van der Waals surface area contributed by atoms with Gasteiger partial charge in [-0.3, -0.25) is 0 Å². The quantitative estimate of drug-likeness (QED) is 0.240. The molecular formula is C43H60O7Si. The Kier molecular flexibility index (Phi) is 8.36. The Labute approximate surface area is 305 Å². The number of aliphatic hydroxyl groups is 4. The molecule has 0 amide bonds. The van der Waals surface area contributed by atoms with E-state index in [4.69, 9.17) is 13.9 Å². The summed E-state index contributed by atoms with van der Waals surface area (Å²) in [6, 6.07) is 21.1. The molecule has 8 heteroatoms. The van der Waals surface area contributed by atoms with Gasteiger partial charge in [0.2, 0.25) is 5.79 Å². The molecule has 1 spiro atoms. The average Bonchev–Trinajstić information content (AvgIpc) is 3.58. The van der Waals surface area contributed by atoms with E-state index in [1.165, 1.54) is 10.4 Å². The van der Waals surface area contributed by atoms with Gasteiger partial charge in [-0.1, -0.05) is 114 Å². The van der Waals surface area contributed by atoms with Gasteiger partial charge < -0.3 is 34.3 Å². The van der Waals surface area contributed by atoms with E-state index in [9.17, 15) is 20.4 Å². The lowest BCUT2D eigenvalue weighted by atomic mass is 9.44. The van der Waals surface area contributed by atoms with Crippen molar-refractivity contribution in [2.75, 3.05) is 6.61 Å². The number of rotatable bonds is 5. The molecule has 6 aliphatic rings. The number of ether oxygens (including phenoxy) is 2. The molecule has 0 bridgehead atoms. The lowest BCUT2D eigenvalue weighted by Gasteiger charge is -2.62. The van der Waals surface area contributed by atoms with Crippen molar-refractivity contribution in [3.63, 3.8) is 0 Å². The highest BCUT2D eigenvalue weighted by molar-refractivity contribution is 6.99. The predicted molar refractivity (Wildman–Crippen MR) is 200 cm³/mol. The van der Waals surface area contributed by atoms with Crippen LogP contribution in [0.3, 0.4) is 0 Å². The lowest BCUT2D eigenvalue weighted by Crippen LogP contribution is -2.67. The second kappa shape index (κ2) is 11.8. The number of hydrogen-bond donors (Lipinski definition) is 4. The summed E-state index contributed by atoms with van der Waals surface area (Å²) in [5.41, 5.74) is -2.11. The Bertz CT molecular complexity index is 1620. The first kappa shape index (κ1) is 36.1. The maximum Gasteiger partial charge on any atom is 0.261 e. The molecule has 7 nitrogen and oxygen atoms in total. The van der Waals surface area contributed by atoms with Crippen molar-refractivity contribution < 1.29 is 34.3 Å². The van der Waals surface area contributed by atoms with Crippen LogP contribution in [0.25, 0.3) is 0 Å². The summed E-state index contributed by atoms with van der Waals surface area (Å²) in [6.45, 7) is 15.4. The highest BCUT2D eigenvalue weighted by Gasteiger charge is 2.79. The summed E-state index contributed by atoms with van der Waals surface area (Å²) >= 11 is 0. The van der Waals surface area contributed by atoms with Crippen LogP contribution in [0.4, 0.5) is 0 Å². The zero-order valence-electron chi connectivity index (χ0n) is 31.6. The molecule has 2 aliphatic heterocycles. The molecule has 2 saturated heterocycles. The van der Waals surface area contributed by atoms with Crippen LogP contribution in [0.2, 0.25) is 5.04 Å². The molecule has 3 saturated carbocycles. The second-order valence-electron chi connectivity index (χ2n) is 19.0. The third-order valence-electron chi connectivity index (χ3n) is 15.5. The van der Waals surface area contributed by atoms with Crippen LogP contribution in [0.15, 0.2) is 72.3 Å². The molecule has 0 unspecified atom stereocenters.